The maximum atomic E-state index is 14.2. The van der Waals surface area contributed by atoms with E-state index in [0.29, 0.717) is 11.2 Å². The summed E-state index contributed by atoms with van der Waals surface area (Å²) in [5.41, 5.74) is 1.20. The van der Waals surface area contributed by atoms with Crippen molar-refractivity contribution >= 4 is 23.1 Å². The smallest absolute Gasteiger partial charge is 0.174 e. The van der Waals surface area contributed by atoms with Gasteiger partial charge in [-0.3, -0.25) is 0 Å². The third-order valence-electron chi connectivity index (χ3n) is 4.26. The zero-order valence-corrected chi connectivity index (χ0v) is 14.8. The molecular weight excluding hydrogens is 315 g/mol. The fourth-order valence-electron chi connectivity index (χ4n) is 2.86. The monoisotopic (exact) mass is 336 g/mol. The lowest BCUT2D eigenvalue weighted by Crippen LogP contribution is -2.25. The zero-order chi connectivity index (χ0) is 17.2. The Hall–Kier alpha value is -2.31. The number of benzene rings is 3. The molecule has 2 nitrogen and oxygen atoms in total. The molecule has 0 bridgehead atoms. The predicted octanol–water partition coefficient (Wildman–Crippen LogP) is 4.16. The van der Waals surface area contributed by atoms with Crippen LogP contribution in [0.4, 0.5) is 0 Å². The highest BCUT2D eigenvalue weighted by atomic mass is 31.2. The fraction of sp³-hybridized carbons (Fsp3) is 0.143. The van der Waals surface area contributed by atoms with Gasteiger partial charge in [-0.1, -0.05) is 80.6 Å². The molecule has 0 aliphatic carbocycles. The summed E-state index contributed by atoms with van der Waals surface area (Å²) in [4.78, 5) is 0. The Kier molecular flexibility index (Phi) is 4.59. The van der Waals surface area contributed by atoms with Gasteiger partial charge in [0.2, 0.25) is 0 Å². The number of hydrogen-bond donors (Lipinski definition) is 1. The van der Waals surface area contributed by atoms with Crippen molar-refractivity contribution in [3.8, 4) is 5.75 Å². The predicted molar refractivity (Wildman–Crippen MR) is 102 cm³/mol. The number of rotatable bonds is 4. The quantitative estimate of drug-likeness (QED) is 0.727. The van der Waals surface area contributed by atoms with Crippen molar-refractivity contribution < 1.29 is 9.67 Å². The maximum Gasteiger partial charge on any atom is 0.174 e. The number of phenolic OH excluding ortho intramolecular Hbond substituents is 1. The van der Waals surface area contributed by atoms with E-state index in [9.17, 15) is 9.67 Å². The van der Waals surface area contributed by atoms with Gasteiger partial charge in [0.25, 0.3) is 0 Å². The van der Waals surface area contributed by atoms with Crippen molar-refractivity contribution in [2.75, 3.05) is 0 Å². The third kappa shape index (κ3) is 2.90. The Balaban J connectivity index is 2.24. The second-order valence-corrected chi connectivity index (χ2v) is 8.91. The summed E-state index contributed by atoms with van der Waals surface area (Å²) < 4.78 is 14.2. The van der Waals surface area contributed by atoms with E-state index in [1.165, 1.54) is 5.56 Å². The van der Waals surface area contributed by atoms with E-state index in [2.05, 4.69) is 13.8 Å². The normalized spacial score (nSPS) is 13.6. The highest BCUT2D eigenvalue weighted by molar-refractivity contribution is 7.85. The summed E-state index contributed by atoms with van der Waals surface area (Å²) in [6, 6.07) is 24.2. The lowest BCUT2D eigenvalue weighted by Gasteiger charge is -2.21. The molecule has 0 heterocycles. The largest absolute Gasteiger partial charge is 0.507 e. The molecule has 3 rings (SSSR count). The number of aromatic hydroxyl groups is 1. The average Bonchev–Trinajstić information content (AvgIpc) is 2.62. The molecule has 0 saturated heterocycles. The van der Waals surface area contributed by atoms with Crippen LogP contribution in [0.15, 0.2) is 78.9 Å². The van der Waals surface area contributed by atoms with E-state index < -0.39 is 7.14 Å². The summed E-state index contributed by atoms with van der Waals surface area (Å²) in [5, 5.41) is 12.3. The molecule has 3 aromatic rings. The minimum Gasteiger partial charge on any atom is -0.507 e. The van der Waals surface area contributed by atoms with Crippen LogP contribution in [0.3, 0.4) is 0 Å². The molecule has 1 N–H and O–H groups in total. The topological polar surface area (TPSA) is 37.3 Å². The molecule has 1 unspecified atom stereocenters. The zero-order valence-electron chi connectivity index (χ0n) is 13.9. The average molecular weight is 336 g/mol. The lowest BCUT2D eigenvalue weighted by atomic mass is 10.0. The summed E-state index contributed by atoms with van der Waals surface area (Å²) >= 11 is 0. The molecule has 122 valence electrons. The number of phenols is 1. The molecule has 0 aliphatic rings. The van der Waals surface area contributed by atoms with Crippen LogP contribution in [0.1, 0.15) is 25.3 Å². The molecule has 3 heteroatoms. The molecule has 24 heavy (non-hydrogen) atoms. The van der Waals surface area contributed by atoms with Gasteiger partial charge in [0, 0.05) is 10.6 Å². The van der Waals surface area contributed by atoms with Crippen molar-refractivity contribution in [2.45, 2.75) is 19.8 Å². The minimum absolute atomic E-state index is 0.0672. The van der Waals surface area contributed by atoms with Crippen LogP contribution in [0, 0.1) is 0 Å². The third-order valence-corrected chi connectivity index (χ3v) is 7.37. The number of hydrogen-bond acceptors (Lipinski definition) is 2. The number of para-hydroxylation sites is 1. The first kappa shape index (κ1) is 16.5. The van der Waals surface area contributed by atoms with Gasteiger partial charge in [0.05, 0.1) is 5.30 Å². The minimum atomic E-state index is -3.11. The van der Waals surface area contributed by atoms with Crippen molar-refractivity contribution in [2.24, 2.45) is 0 Å². The first-order chi connectivity index (χ1) is 11.5. The highest BCUT2D eigenvalue weighted by Gasteiger charge is 2.31. The van der Waals surface area contributed by atoms with Crippen LogP contribution < -0.4 is 15.9 Å². The second kappa shape index (κ2) is 6.67. The summed E-state index contributed by atoms with van der Waals surface area (Å²) in [6.07, 6.45) is 0. The molecule has 3 aromatic carbocycles. The Morgan fingerprint density at radius 2 is 1.29 bits per heavy atom. The highest BCUT2D eigenvalue weighted by Crippen LogP contribution is 2.44. The molecule has 0 saturated carbocycles. The van der Waals surface area contributed by atoms with E-state index in [4.69, 9.17) is 0 Å². The van der Waals surface area contributed by atoms with Gasteiger partial charge in [0.1, 0.15) is 5.75 Å². The van der Waals surface area contributed by atoms with Gasteiger partial charge in [0.15, 0.2) is 7.14 Å². The van der Waals surface area contributed by atoms with Gasteiger partial charge < -0.3 is 9.67 Å². The van der Waals surface area contributed by atoms with E-state index in [0.717, 1.165) is 10.6 Å². The Labute approximate surface area is 143 Å². The van der Waals surface area contributed by atoms with Crippen molar-refractivity contribution in [1.82, 2.24) is 0 Å². The van der Waals surface area contributed by atoms with Crippen molar-refractivity contribution in [3.63, 3.8) is 0 Å². The molecule has 0 spiro atoms. The van der Waals surface area contributed by atoms with E-state index in [1.54, 1.807) is 18.2 Å². The van der Waals surface area contributed by atoms with Gasteiger partial charge in [-0.15, -0.1) is 0 Å². The Bertz CT molecular complexity index is 868. The van der Waals surface area contributed by atoms with E-state index in [1.807, 2.05) is 60.7 Å². The SMILES string of the molecule is CC(C)c1ccc(P(=O)(c2ccccc2)c2ccccc2O)cc1. The molecule has 0 radical (unpaired) electrons. The molecule has 0 aliphatic heterocycles. The molecular formula is C21H21O2P. The summed E-state index contributed by atoms with van der Waals surface area (Å²) in [5.74, 6) is 0.484. The Morgan fingerprint density at radius 1 is 0.750 bits per heavy atom. The van der Waals surface area contributed by atoms with Crippen LogP contribution in [-0.4, -0.2) is 5.11 Å². The molecule has 0 amide bonds. The standard InChI is InChI=1S/C21H21O2P/c1-16(2)17-12-14-19(15-13-17)24(23,18-8-4-3-5-9-18)21-11-7-6-10-20(21)22/h3-16,22H,1-2H3. The molecule has 0 aromatic heterocycles. The maximum absolute atomic E-state index is 14.2. The summed E-state index contributed by atoms with van der Waals surface area (Å²) in [7, 11) is -3.11. The van der Waals surface area contributed by atoms with Crippen molar-refractivity contribution in [3.05, 3.63) is 84.4 Å². The lowest BCUT2D eigenvalue weighted by molar-refractivity contribution is 0.479. The van der Waals surface area contributed by atoms with Gasteiger partial charge in [-0.25, -0.2) is 0 Å². The van der Waals surface area contributed by atoms with Crippen LogP contribution in [0.5, 0.6) is 5.75 Å². The molecule has 0 fully saturated rings. The summed E-state index contributed by atoms with van der Waals surface area (Å²) in [6.45, 7) is 4.27. The van der Waals surface area contributed by atoms with Crippen LogP contribution in [-0.2, 0) is 4.57 Å². The van der Waals surface area contributed by atoms with E-state index in [-0.39, 0.29) is 5.75 Å². The van der Waals surface area contributed by atoms with E-state index >= 15 is 0 Å². The van der Waals surface area contributed by atoms with Gasteiger partial charge in [-0.05, 0) is 23.6 Å². The van der Waals surface area contributed by atoms with Gasteiger partial charge in [-0.2, -0.15) is 0 Å². The second-order valence-electron chi connectivity index (χ2n) is 6.18. The first-order valence-electron chi connectivity index (χ1n) is 8.08. The molecule has 1 atom stereocenters. The first-order valence-corrected chi connectivity index (χ1v) is 9.79. The van der Waals surface area contributed by atoms with Crippen LogP contribution >= 0.6 is 7.14 Å². The Morgan fingerprint density at radius 3 is 1.88 bits per heavy atom. The fourth-order valence-corrected chi connectivity index (χ4v) is 5.57. The van der Waals surface area contributed by atoms with Crippen LogP contribution in [0.2, 0.25) is 0 Å². The van der Waals surface area contributed by atoms with Crippen LogP contribution in [0.25, 0.3) is 0 Å². The van der Waals surface area contributed by atoms with Gasteiger partial charge >= 0.3 is 0 Å². The van der Waals surface area contributed by atoms with Crippen molar-refractivity contribution in [1.29, 1.82) is 0 Å².